The molecule has 0 unspecified atom stereocenters. The Hall–Kier alpha value is -2.65. The number of hydrogen-bond donors (Lipinski definition) is 3. The van der Waals surface area contributed by atoms with Gasteiger partial charge in [-0.15, -0.1) is 0 Å². The molecule has 1 saturated carbocycles. The maximum Gasteiger partial charge on any atom is 0.344 e. The van der Waals surface area contributed by atoms with Gasteiger partial charge in [0.25, 0.3) is 17.7 Å². The van der Waals surface area contributed by atoms with E-state index < -0.39 is 47.4 Å². The zero-order chi connectivity index (χ0) is 20.0. The second-order valence-electron chi connectivity index (χ2n) is 7.73. The molecule has 1 spiro atoms. The van der Waals surface area contributed by atoms with Gasteiger partial charge in [0.1, 0.15) is 17.6 Å². The van der Waals surface area contributed by atoms with Crippen molar-refractivity contribution in [2.24, 2.45) is 5.92 Å². The van der Waals surface area contributed by atoms with Gasteiger partial charge in [-0.1, -0.05) is 26.7 Å². The molecule has 2 saturated heterocycles. The van der Waals surface area contributed by atoms with Crippen molar-refractivity contribution in [2.45, 2.75) is 64.0 Å². The summed E-state index contributed by atoms with van der Waals surface area (Å²) in [5, 5.41) is 5.87. The molecule has 0 aromatic heterocycles. The van der Waals surface area contributed by atoms with E-state index in [0.717, 1.165) is 24.2 Å². The van der Waals surface area contributed by atoms with E-state index in [4.69, 9.17) is 0 Å². The second kappa shape index (κ2) is 6.50. The summed E-state index contributed by atoms with van der Waals surface area (Å²) < 4.78 is 0. The monoisotopic (exact) mass is 379 g/mol. The Morgan fingerprint density at radius 2 is 1.85 bits per heavy atom. The Bertz CT molecular complexity index is 725. The molecule has 0 aromatic rings. The van der Waals surface area contributed by atoms with Crippen LogP contribution < -0.4 is 16.1 Å². The molecule has 3 atom stereocenters. The Kier molecular flexibility index (Phi) is 4.61. The van der Waals surface area contributed by atoms with Crippen LogP contribution in [-0.4, -0.2) is 57.3 Å². The first-order valence-electron chi connectivity index (χ1n) is 9.25. The first kappa shape index (κ1) is 19.1. The number of hydrazine groups is 1. The van der Waals surface area contributed by atoms with Crippen LogP contribution in [0.4, 0.5) is 9.59 Å². The van der Waals surface area contributed by atoms with Gasteiger partial charge in [-0.05, 0) is 32.1 Å². The molecule has 1 aliphatic carbocycles. The van der Waals surface area contributed by atoms with Gasteiger partial charge < -0.3 is 10.6 Å². The van der Waals surface area contributed by atoms with Crippen molar-refractivity contribution in [3.05, 3.63) is 0 Å². The summed E-state index contributed by atoms with van der Waals surface area (Å²) in [5.41, 5.74) is 0.146. The lowest BCUT2D eigenvalue weighted by molar-refractivity contribution is -0.141. The van der Waals surface area contributed by atoms with Gasteiger partial charge in [-0.3, -0.25) is 24.7 Å². The van der Waals surface area contributed by atoms with Crippen molar-refractivity contribution in [1.29, 1.82) is 0 Å². The van der Waals surface area contributed by atoms with Crippen molar-refractivity contribution in [3.8, 4) is 0 Å². The van der Waals surface area contributed by atoms with Gasteiger partial charge in [0.2, 0.25) is 0 Å². The zero-order valence-electron chi connectivity index (χ0n) is 15.8. The van der Waals surface area contributed by atoms with E-state index in [1.54, 1.807) is 13.8 Å². The average Bonchev–Trinajstić information content (AvgIpc) is 2.98. The summed E-state index contributed by atoms with van der Waals surface area (Å²) in [4.78, 5) is 62.6. The van der Waals surface area contributed by atoms with Crippen LogP contribution in [0.1, 0.15) is 52.9 Å². The normalized spacial score (nSPS) is 33.5. The highest BCUT2D eigenvalue weighted by molar-refractivity contribution is 6.10. The van der Waals surface area contributed by atoms with Crippen molar-refractivity contribution >= 4 is 29.8 Å². The first-order chi connectivity index (χ1) is 12.6. The molecular weight excluding hydrogens is 354 g/mol. The predicted octanol–water partition coefficient (Wildman–Crippen LogP) is 0.239. The van der Waals surface area contributed by atoms with Crippen LogP contribution >= 0.6 is 0 Å². The quantitative estimate of drug-likeness (QED) is 0.603. The molecule has 2 aliphatic heterocycles. The number of nitrogens with zero attached hydrogens (tertiary/aromatic N) is 2. The summed E-state index contributed by atoms with van der Waals surface area (Å²) in [5.74, 6) is -1.82. The standard InChI is InChI=1S/C17H25N5O5/c1-4-16(3)12(24)22(15(27)18-16)20-11(23)9-21-13(25)17(19-14(21)26)8-6-5-7-10(17)2/h10H,4-9H2,1-3H3,(H,18,27)(H,19,26)(H,20,23)/t10-,16+,17+/m1/s1. The molecule has 27 heavy (non-hydrogen) atoms. The summed E-state index contributed by atoms with van der Waals surface area (Å²) in [7, 11) is 0. The Balaban J connectivity index is 1.68. The van der Waals surface area contributed by atoms with E-state index in [0.29, 0.717) is 17.9 Å². The Labute approximate surface area is 157 Å². The highest BCUT2D eigenvalue weighted by Gasteiger charge is 2.55. The third kappa shape index (κ3) is 2.92. The Morgan fingerprint density at radius 3 is 2.44 bits per heavy atom. The fraction of sp³-hybridized carbons (Fsp3) is 0.706. The maximum absolute atomic E-state index is 12.9. The van der Waals surface area contributed by atoms with Crippen LogP contribution in [-0.2, 0) is 14.4 Å². The predicted molar refractivity (Wildman–Crippen MR) is 92.8 cm³/mol. The first-order valence-corrected chi connectivity index (χ1v) is 9.25. The number of rotatable bonds is 4. The lowest BCUT2D eigenvalue weighted by Crippen LogP contribution is -2.55. The van der Waals surface area contributed by atoms with Crippen LogP contribution in [0.15, 0.2) is 0 Å². The third-order valence-corrected chi connectivity index (χ3v) is 6.01. The number of carbonyl (C=O) groups is 5. The maximum atomic E-state index is 12.9. The molecule has 2 heterocycles. The van der Waals surface area contributed by atoms with Crippen molar-refractivity contribution in [1.82, 2.24) is 26.0 Å². The van der Waals surface area contributed by atoms with E-state index in [1.165, 1.54) is 0 Å². The van der Waals surface area contributed by atoms with Crippen molar-refractivity contribution in [2.75, 3.05) is 6.54 Å². The van der Waals surface area contributed by atoms with Gasteiger partial charge in [-0.2, -0.15) is 5.01 Å². The van der Waals surface area contributed by atoms with Crippen LogP contribution in [0.25, 0.3) is 0 Å². The molecule has 0 bridgehead atoms. The SMILES string of the molecule is CC[C@]1(C)NC(=O)N(NC(=O)CN2C(=O)N[C@]3(CCCC[C@H]3C)C2=O)C1=O. The molecule has 10 heteroatoms. The van der Waals surface area contributed by atoms with Gasteiger partial charge in [0.15, 0.2) is 0 Å². The zero-order valence-corrected chi connectivity index (χ0v) is 15.8. The molecule has 10 nitrogen and oxygen atoms in total. The fourth-order valence-electron chi connectivity index (χ4n) is 3.97. The topological polar surface area (TPSA) is 128 Å². The molecule has 0 radical (unpaired) electrons. The van der Waals surface area contributed by atoms with E-state index in [1.807, 2.05) is 6.92 Å². The van der Waals surface area contributed by atoms with Gasteiger partial charge in [-0.25, -0.2) is 9.59 Å². The number of hydrogen-bond acceptors (Lipinski definition) is 5. The minimum Gasteiger partial charge on any atom is -0.323 e. The molecular formula is C17H25N5O5. The summed E-state index contributed by atoms with van der Waals surface area (Å²) in [6.45, 7) is 4.66. The fourth-order valence-corrected chi connectivity index (χ4v) is 3.97. The van der Waals surface area contributed by atoms with E-state index in [2.05, 4.69) is 16.1 Å². The van der Waals surface area contributed by atoms with Gasteiger partial charge in [0, 0.05) is 0 Å². The van der Waals surface area contributed by atoms with Crippen LogP contribution in [0.3, 0.4) is 0 Å². The molecule has 3 fully saturated rings. The average molecular weight is 379 g/mol. The van der Waals surface area contributed by atoms with E-state index in [9.17, 15) is 24.0 Å². The minimum absolute atomic E-state index is 0.0213. The number of imide groups is 2. The lowest BCUT2D eigenvalue weighted by Gasteiger charge is -2.36. The smallest absolute Gasteiger partial charge is 0.323 e. The van der Waals surface area contributed by atoms with Crippen LogP contribution in [0, 0.1) is 5.92 Å². The molecule has 3 aliphatic rings. The highest BCUT2D eigenvalue weighted by atomic mass is 16.2. The largest absolute Gasteiger partial charge is 0.344 e. The molecule has 0 aromatic carbocycles. The molecule has 148 valence electrons. The minimum atomic E-state index is -1.09. The number of urea groups is 2. The lowest BCUT2D eigenvalue weighted by atomic mass is 9.73. The summed E-state index contributed by atoms with van der Waals surface area (Å²) in [6.07, 6.45) is 3.55. The number of amides is 7. The molecule has 3 rings (SSSR count). The second-order valence-corrected chi connectivity index (χ2v) is 7.73. The van der Waals surface area contributed by atoms with E-state index >= 15 is 0 Å². The van der Waals surface area contributed by atoms with Crippen LogP contribution in [0.5, 0.6) is 0 Å². The Morgan fingerprint density at radius 1 is 1.15 bits per heavy atom. The van der Waals surface area contributed by atoms with Gasteiger partial charge in [0.05, 0.1) is 0 Å². The molecule has 3 N–H and O–H groups in total. The summed E-state index contributed by atoms with van der Waals surface area (Å²) in [6, 6.07) is -1.37. The number of nitrogens with one attached hydrogen (secondary N) is 3. The van der Waals surface area contributed by atoms with E-state index in [-0.39, 0.29) is 5.92 Å². The summed E-state index contributed by atoms with van der Waals surface area (Å²) >= 11 is 0. The van der Waals surface area contributed by atoms with Crippen molar-refractivity contribution in [3.63, 3.8) is 0 Å². The van der Waals surface area contributed by atoms with Crippen LogP contribution in [0.2, 0.25) is 0 Å². The van der Waals surface area contributed by atoms with Crippen molar-refractivity contribution < 1.29 is 24.0 Å². The molecule has 7 amide bonds. The number of carbonyl (C=O) groups excluding carboxylic acids is 5. The van der Waals surface area contributed by atoms with Gasteiger partial charge >= 0.3 is 12.1 Å². The highest BCUT2D eigenvalue weighted by Crippen LogP contribution is 2.38. The third-order valence-electron chi connectivity index (χ3n) is 6.01.